The van der Waals surface area contributed by atoms with Crippen molar-refractivity contribution in [1.29, 1.82) is 0 Å². The van der Waals surface area contributed by atoms with E-state index in [2.05, 4.69) is 6.92 Å². The zero-order valence-electron chi connectivity index (χ0n) is 17.2. The van der Waals surface area contributed by atoms with E-state index in [9.17, 15) is 18.2 Å². The highest BCUT2D eigenvalue weighted by Gasteiger charge is 2.26. The maximum Gasteiger partial charge on any atom is 0.289 e. The molecule has 1 fully saturated rings. The fourth-order valence-corrected chi connectivity index (χ4v) is 4.83. The summed E-state index contributed by atoms with van der Waals surface area (Å²) < 4.78 is 45.6. The van der Waals surface area contributed by atoms with Crippen LogP contribution in [0.3, 0.4) is 0 Å². The summed E-state index contributed by atoms with van der Waals surface area (Å²) in [5, 5.41) is 9.89. The predicted molar refractivity (Wildman–Crippen MR) is 110 cm³/mol. The molecular weight excluding hydrogens is 399 g/mol. The van der Waals surface area contributed by atoms with Crippen LogP contribution in [0.15, 0.2) is 12.1 Å². The SMILES string of the molecule is CCCCCC1CCC(c2ccc(OCCCCP(=O)(O)NO)c(F)c2F)CC1. The van der Waals surface area contributed by atoms with Crippen LogP contribution in [-0.2, 0) is 4.57 Å². The summed E-state index contributed by atoms with van der Waals surface area (Å²) in [5.41, 5.74) is 0.442. The Balaban J connectivity index is 1.82. The zero-order valence-corrected chi connectivity index (χ0v) is 18.1. The molecule has 0 spiro atoms. The molecule has 0 radical (unpaired) electrons. The van der Waals surface area contributed by atoms with Gasteiger partial charge in [0, 0.05) is 6.16 Å². The van der Waals surface area contributed by atoms with Gasteiger partial charge in [0.25, 0.3) is 7.52 Å². The molecule has 0 amide bonds. The van der Waals surface area contributed by atoms with Gasteiger partial charge in [-0.05, 0) is 62.0 Å². The summed E-state index contributed by atoms with van der Waals surface area (Å²) in [6, 6.07) is 3.11. The highest BCUT2D eigenvalue weighted by atomic mass is 31.2. The lowest BCUT2D eigenvalue weighted by atomic mass is 9.77. The van der Waals surface area contributed by atoms with Gasteiger partial charge in [-0.25, -0.2) is 4.39 Å². The third-order valence-electron chi connectivity index (χ3n) is 5.85. The molecular formula is C21H34F2NO4P. The van der Waals surface area contributed by atoms with Crippen LogP contribution in [0.4, 0.5) is 8.78 Å². The van der Waals surface area contributed by atoms with Gasteiger partial charge in [0.2, 0.25) is 5.82 Å². The molecule has 0 heterocycles. The molecule has 1 unspecified atom stereocenters. The maximum absolute atomic E-state index is 14.6. The Bertz CT molecular complexity index is 681. The molecule has 1 aliphatic rings. The molecule has 3 N–H and O–H groups in total. The van der Waals surface area contributed by atoms with Gasteiger partial charge in [0.1, 0.15) is 0 Å². The van der Waals surface area contributed by atoms with Crippen molar-refractivity contribution in [2.45, 2.75) is 77.0 Å². The molecule has 0 saturated heterocycles. The van der Waals surface area contributed by atoms with Crippen molar-refractivity contribution in [2.24, 2.45) is 5.92 Å². The van der Waals surface area contributed by atoms with E-state index in [-0.39, 0.29) is 24.4 Å². The number of nitrogens with one attached hydrogen (secondary N) is 1. The number of benzene rings is 1. The first-order chi connectivity index (χ1) is 13.9. The maximum atomic E-state index is 14.6. The number of hydrogen-bond acceptors (Lipinski definition) is 3. The molecule has 1 aromatic rings. The van der Waals surface area contributed by atoms with Gasteiger partial charge in [-0.15, -0.1) is 5.25 Å². The average molecular weight is 433 g/mol. The standard InChI is InChI=1S/C21H34F2NO4P/c1-2-3-4-7-16-8-10-17(11-9-16)18-12-13-19(21(23)20(18)22)28-14-5-6-15-29(26,27)24-25/h12-13,16-17,25H,2-11,14-15H2,1H3,(H2,24,26,27). The second-order valence-corrected chi connectivity index (χ2v) is 10.1. The van der Waals surface area contributed by atoms with Gasteiger partial charge >= 0.3 is 0 Å². The predicted octanol–water partition coefficient (Wildman–Crippen LogP) is 6.14. The van der Waals surface area contributed by atoms with Crippen molar-refractivity contribution in [3.05, 3.63) is 29.3 Å². The van der Waals surface area contributed by atoms with E-state index in [0.29, 0.717) is 24.3 Å². The number of ether oxygens (including phenoxy) is 1. The minimum atomic E-state index is -3.72. The second-order valence-electron chi connectivity index (χ2n) is 8.08. The number of rotatable bonds is 12. The van der Waals surface area contributed by atoms with E-state index < -0.39 is 19.2 Å². The highest BCUT2D eigenvalue weighted by Crippen LogP contribution is 2.40. The van der Waals surface area contributed by atoms with Gasteiger partial charge in [0.05, 0.1) is 6.61 Å². The van der Waals surface area contributed by atoms with Crippen molar-refractivity contribution in [3.8, 4) is 5.75 Å². The number of halogens is 2. The normalized spacial score (nSPS) is 21.7. The lowest BCUT2D eigenvalue weighted by Gasteiger charge is -2.29. The van der Waals surface area contributed by atoms with Crippen molar-refractivity contribution in [2.75, 3.05) is 12.8 Å². The Morgan fingerprint density at radius 1 is 1.10 bits per heavy atom. The second kappa shape index (κ2) is 12.0. The van der Waals surface area contributed by atoms with Gasteiger partial charge in [-0.2, -0.15) is 4.39 Å². The Labute approximate surface area is 172 Å². The summed E-state index contributed by atoms with van der Waals surface area (Å²) in [7, 11) is -3.72. The first-order valence-electron chi connectivity index (χ1n) is 10.7. The monoisotopic (exact) mass is 433 g/mol. The largest absolute Gasteiger partial charge is 0.490 e. The molecule has 1 aliphatic carbocycles. The molecule has 5 nitrogen and oxygen atoms in total. The van der Waals surface area contributed by atoms with E-state index in [1.54, 1.807) is 6.07 Å². The topological polar surface area (TPSA) is 78.8 Å². The van der Waals surface area contributed by atoms with E-state index in [0.717, 1.165) is 25.7 Å². The van der Waals surface area contributed by atoms with Crippen LogP contribution in [-0.4, -0.2) is 22.9 Å². The molecule has 29 heavy (non-hydrogen) atoms. The van der Waals surface area contributed by atoms with Crippen molar-refractivity contribution in [1.82, 2.24) is 5.25 Å². The third kappa shape index (κ3) is 7.63. The van der Waals surface area contributed by atoms with Gasteiger partial charge in [-0.1, -0.05) is 38.7 Å². The van der Waals surface area contributed by atoms with Gasteiger partial charge < -0.3 is 14.8 Å². The Morgan fingerprint density at radius 3 is 2.48 bits per heavy atom. The Hall–Kier alpha value is -1.01. The fraction of sp³-hybridized carbons (Fsp3) is 0.714. The highest BCUT2D eigenvalue weighted by molar-refractivity contribution is 7.55. The van der Waals surface area contributed by atoms with Crippen LogP contribution in [0, 0.1) is 17.6 Å². The molecule has 0 aromatic heterocycles. The molecule has 166 valence electrons. The summed E-state index contributed by atoms with van der Waals surface area (Å²) >= 11 is 0. The van der Waals surface area contributed by atoms with Crippen LogP contribution < -0.4 is 9.99 Å². The first kappa shape index (κ1) is 24.3. The summed E-state index contributed by atoms with van der Waals surface area (Å²) in [5.74, 6) is -1.14. The lowest BCUT2D eigenvalue weighted by Crippen LogP contribution is -2.15. The Morgan fingerprint density at radius 2 is 1.83 bits per heavy atom. The van der Waals surface area contributed by atoms with Crippen LogP contribution in [0.2, 0.25) is 0 Å². The molecule has 0 bridgehead atoms. The van der Waals surface area contributed by atoms with Crippen molar-refractivity contribution >= 4 is 7.52 Å². The molecule has 2 rings (SSSR count). The van der Waals surface area contributed by atoms with Crippen LogP contribution in [0.1, 0.15) is 82.6 Å². The quantitative estimate of drug-likeness (QED) is 0.210. The van der Waals surface area contributed by atoms with Crippen molar-refractivity contribution < 1.29 is 28.2 Å². The molecule has 1 saturated carbocycles. The minimum absolute atomic E-state index is 0.0608. The summed E-state index contributed by atoms with van der Waals surface area (Å²) in [6.45, 7) is 2.30. The van der Waals surface area contributed by atoms with E-state index in [1.165, 1.54) is 37.0 Å². The van der Waals surface area contributed by atoms with Crippen molar-refractivity contribution in [3.63, 3.8) is 0 Å². The van der Waals surface area contributed by atoms with Gasteiger partial charge in [-0.3, -0.25) is 4.57 Å². The van der Waals surface area contributed by atoms with E-state index in [1.807, 2.05) is 0 Å². The minimum Gasteiger partial charge on any atom is -0.490 e. The zero-order chi connectivity index (χ0) is 21.3. The molecule has 8 heteroatoms. The smallest absolute Gasteiger partial charge is 0.289 e. The third-order valence-corrected chi connectivity index (χ3v) is 7.08. The van der Waals surface area contributed by atoms with E-state index >= 15 is 0 Å². The fourth-order valence-electron chi connectivity index (χ4n) is 4.08. The van der Waals surface area contributed by atoms with Gasteiger partial charge in [0.15, 0.2) is 11.6 Å². The van der Waals surface area contributed by atoms with E-state index in [4.69, 9.17) is 9.94 Å². The number of hydrogen-bond donors (Lipinski definition) is 3. The lowest BCUT2D eigenvalue weighted by molar-refractivity contribution is 0.221. The summed E-state index contributed by atoms with van der Waals surface area (Å²) in [6.07, 6.45) is 9.50. The van der Waals surface area contributed by atoms with Crippen LogP contribution in [0.5, 0.6) is 5.75 Å². The average Bonchev–Trinajstić information content (AvgIpc) is 2.72. The molecule has 1 atom stereocenters. The molecule has 1 aromatic carbocycles. The Kier molecular flexibility index (Phi) is 10.0. The molecule has 0 aliphatic heterocycles. The van der Waals surface area contributed by atoms with Crippen LogP contribution >= 0.6 is 7.52 Å². The van der Waals surface area contributed by atoms with Crippen LogP contribution in [0.25, 0.3) is 0 Å². The first-order valence-corrected chi connectivity index (χ1v) is 12.6. The summed E-state index contributed by atoms with van der Waals surface area (Å²) in [4.78, 5) is 9.19. The number of unbranched alkanes of at least 4 members (excludes halogenated alkanes) is 3.